The van der Waals surface area contributed by atoms with Gasteiger partial charge in [-0.2, -0.15) is 0 Å². The first-order chi connectivity index (χ1) is 8.74. The van der Waals surface area contributed by atoms with E-state index in [2.05, 4.69) is 9.97 Å². The number of rotatable bonds is 3. The van der Waals surface area contributed by atoms with E-state index in [4.69, 9.17) is 4.42 Å². The van der Waals surface area contributed by atoms with Gasteiger partial charge in [0, 0.05) is 5.69 Å². The molecule has 1 N–H and O–H groups in total. The summed E-state index contributed by atoms with van der Waals surface area (Å²) in [6.07, 6.45) is 5.84. The maximum atomic E-state index is 11.2. The molecule has 0 aromatic carbocycles. The largest absolute Gasteiger partial charge is 0.478 e. The maximum Gasteiger partial charge on any atom is 0.338 e. The van der Waals surface area contributed by atoms with Crippen LogP contribution in [0.4, 0.5) is 0 Å². The highest BCUT2D eigenvalue weighted by Crippen LogP contribution is 2.31. The Balaban J connectivity index is 2.03. The van der Waals surface area contributed by atoms with Gasteiger partial charge >= 0.3 is 5.97 Å². The quantitative estimate of drug-likeness (QED) is 0.915. The molecule has 0 amide bonds. The van der Waals surface area contributed by atoms with Crippen molar-refractivity contribution in [3.8, 4) is 0 Å². The number of aryl methyl sites for hydroxylation is 2. The molecule has 0 fully saturated rings. The molecule has 0 spiro atoms. The minimum absolute atomic E-state index is 0.221. The normalized spacial score (nSPS) is 13.6. The van der Waals surface area contributed by atoms with Crippen molar-refractivity contribution in [1.82, 2.24) is 9.97 Å². The van der Waals surface area contributed by atoms with Crippen LogP contribution in [0, 0.1) is 0 Å². The molecule has 0 bridgehead atoms. The molecule has 6 heteroatoms. The summed E-state index contributed by atoms with van der Waals surface area (Å²) in [6, 6.07) is 1.73. The van der Waals surface area contributed by atoms with Crippen molar-refractivity contribution in [3.63, 3.8) is 0 Å². The molecule has 0 saturated carbocycles. The molecule has 0 atom stereocenters. The van der Waals surface area contributed by atoms with Crippen molar-refractivity contribution >= 4 is 17.7 Å². The van der Waals surface area contributed by atoms with Gasteiger partial charge in [0.1, 0.15) is 11.3 Å². The molecule has 0 aliphatic heterocycles. The van der Waals surface area contributed by atoms with Gasteiger partial charge in [-0.25, -0.2) is 14.8 Å². The Hall–Kier alpha value is -1.82. The summed E-state index contributed by atoms with van der Waals surface area (Å²) in [4.78, 5) is 19.6. The second kappa shape index (κ2) is 4.45. The summed E-state index contributed by atoms with van der Waals surface area (Å²) in [6.45, 7) is 0. The Morgan fingerprint density at radius 2 is 2.33 bits per heavy atom. The number of aromatic carboxylic acids is 1. The van der Waals surface area contributed by atoms with Gasteiger partial charge in [-0.15, -0.1) is 0 Å². The molecule has 0 saturated heterocycles. The standard InChI is InChI=1S/C12H10N2O3S/c15-11(16)8-6-7-2-1-3-9(7)14-10(8)18-12-13-4-5-17-12/h4-6H,1-3H2,(H,15,16). The number of fused-ring (bicyclic) bond motifs is 1. The van der Waals surface area contributed by atoms with E-state index in [1.54, 1.807) is 6.07 Å². The van der Waals surface area contributed by atoms with E-state index in [1.807, 2.05) is 0 Å². The predicted octanol–water partition coefficient (Wildman–Crippen LogP) is 2.41. The highest BCUT2D eigenvalue weighted by molar-refractivity contribution is 7.99. The zero-order valence-corrected chi connectivity index (χ0v) is 10.2. The molecule has 1 aliphatic rings. The Morgan fingerprint density at radius 3 is 3.06 bits per heavy atom. The van der Waals surface area contributed by atoms with Crippen molar-refractivity contribution in [2.75, 3.05) is 0 Å². The zero-order chi connectivity index (χ0) is 12.5. The molecular weight excluding hydrogens is 252 g/mol. The molecule has 2 heterocycles. The van der Waals surface area contributed by atoms with Crippen LogP contribution in [-0.2, 0) is 12.8 Å². The minimum Gasteiger partial charge on any atom is -0.478 e. The number of carboxylic acid groups (broad SMARTS) is 1. The van der Waals surface area contributed by atoms with Gasteiger partial charge in [0.25, 0.3) is 5.22 Å². The van der Waals surface area contributed by atoms with Crippen LogP contribution < -0.4 is 0 Å². The molecule has 92 valence electrons. The lowest BCUT2D eigenvalue weighted by molar-refractivity contribution is 0.0692. The lowest BCUT2D eigenvalue weighted by Gasteiger charge is -2.06. The highest BCUT2D eigenvalue weighted by Gasteiger charge is 2.21. The van der Waals surface area contributed by atoms with Gasteiger partial charge in [-0.1, -0.05) is 0 Å². The zero-order valence-electron chi connectivity index (χ0n) is 9.42. The monoisotopic (exact) mass is 262 g/mol. The van der Waals surface area contributed by atoms with Crippen molar-refractivity contribution in [1.29, 1.82) is 0 Å². The van der Waals surface area contributed by atoms with Crippen LogP contribution in [0.2, 0.25) is 0 Å². The van der Waals surface area contributed by atoms with Crippen molar-refractivity contribution in [2.24, 2.45) is 0 Å². The van der Waals surface area contributed by atoms with E-state index in [9.17, 15) is 9.90 Å². The molecule has 5 nitrogen and oxygen atoms in total. The van der Waals surface area contributed by atoms with Crippen molar-refractivity contribution < 1.29 is 14.3 Å². The third kappa shape index (κ3) is 1.99. The Morgan fingerprint density at radius 1 is 1.44 bits per heavy atom. The third-order valence-electron chi connectivity index (χ3n) is 2.84. The van der Waals surface area contributed by atoms with Gasteiger partial charge in [-0.05, 0) is 42.7 Å². The van der Waals surface area contributed by atoms with E-state index in [0.29, 0.717) is 10.2 Å². The van der Waals surface area contributed by atoms with Crippen LogP contribution in [0.15, 0.2) is 33.2 Å². The predicted molar refractivity (Wildman–Crippen MR) is 63.8 cm³/mol. The number of oxazole rings is 1. The summed E-state index contributed by atoms with van der Waals surface area (Å²) in [5, 5.41) is 10.1. The number of carboxylic acids is 1. The summed E-state index contributed by atoms with van der Waals surface area (Å²) < 4.78 is 5.11. The fourth-order valence-electron chi connectivity index (χ4n) is 2.03. The van der Waals surface area contributed by atoms with E-state index < -0.39 is 5.97 Å². The Bertz CT molecular complexity index is 596. The van der Waals surface area contributed by atoms with Gasteiger partial charge in [0.2, 0.25) is 0 Å². The first-order valence-electron chi connectivity index (χ1n) is 5.57. The summed E-state index contributed by atoms with van der Waals surface area (Å²) >= 11 is 1.15. The fraction of sp³-hybridized carbons (Fsp3) is 0.250. The number of nitrogens with zero attached hydrogens (tertiary/aromatic N) is 2. The van der Waals surface area contributed by atoms with Crippen molar-refractivity contribution in [2.45, 2.75) is 29.5 Å². The second-order valence-electron chi connectivity index (χ2n) is 4.01. The van der Waals surface area contributed by atoms with Crippen LogP contribution in [0.3, 0.4) is 0 Å². The molecule has 2 aromatic heterocycles. The molecule has 0 radical (unpaired) electrons. The van der Waals surface area contributed by atoms with Crippen LogP contribution in [0.5, 0.6) is 0 Å². The number of hydrogen-bond acceptors (Lipinski definition) is 5. The van der Waals surface area contributed by atoms with Crippen molar-refractivity contribution in [3.05, 3.63) is 35.3 Å². The highest BCUT2D eigenvalue weighted by atomic mass is 32.2. The van der Waals surface area contributed by atoms with Gasteiger partial charge in [0.05, 0.1) is 11.8 Å². The average molecular weight is 262 g/mol. The maximum absolute atomic E-state index is 11.2. The van der Waals surface area contributed by atoms with Gasteiger partial charge < -0.3 is 9.52 Å². The summed E-state index contributed by atoms with van der Waals surface area (Å²) in [7, 11) is 0. The average Bonchev–Trinajstić information content (AvgIpc) is 2.97. The molecule has 0 unspecified atom stereocenters. The summed E-state index contributed by atoms with van der Waals surface area (Å²) in [5.74, 6) is -0.966. The third-order valence-corrected chi connectivity index (χ3v) is 3.72. The molecular formula is C12H10N2O3S. The van der Waals surface area contributed by atoms with Crippen LogP contribution >= 0.6 is 11.8 Å². The second-order valence-corrected chi connectivity index (χ2v) is 4.95. The Kier molecular flexibility index (Phi) is 2.79. The van der Waals surface area contributed by atoms with E-state index in [-0.39, 0.29) is 5.56 Å². The molecule has 1 aliphatic carbocycles. The van der Waals surface area contributed by atoms with E-state index in [1.165, 1.54) is 12.5 Å². The first-order valence-corrected chi connectivity index (χ1v) is 6.39. The number of pyridine rings is 1. The lowest BCUT2D eigenvalue weighted by atomic mass is 10.1. The molecule has 2 aromatic rings. The Labute approximate surface area is 107 Å². The van der Waals surface area contributed by atoms with Crippen LogP contribution in [0.25, 0.3) is 0 Å². The molecule has 3 rings (SSSR count). The number of carbonyl (C=O) groups is 1. The van der Waals surface area contributed by atoms with Crippen LogP contribution in [0.1, 0.15) is 28.0 Å². The van der Waals surface area contributed by atoms with E-state index >= 15 is 0 Å². The fourth-order valence-corrected chi connectivity index (χ4v) is 2.82. The minimum atomic E-state index is -0.966. The van der Waals surface area contributed by atoms with Gasteiger partial charge in [0.15, 0.2) is 0 Å². The SMILES string of the molecule is O=C(O)c1cc2c(nc1Sc1ncco1)CCC2. The number of hydrogen-bond donors (Lipinski definition) is 1. The lowest BCUT2D eigenvalue weighted by Crippen LogP contribution is -2.04. The topological polar surface area (TPSA) is 76.2 Å². The van der Waals surface area contributed by atoms with Crippen LogP contribution in [-0.4, -0.2) is 21.0 Å². The smallest absolute Gasteiger partial charge is 0.338 e. The van der Waals surface area contributed by atoms with E-state index in [0.717, 1.165) is 42.3 Å². The summed E-state index contributed by atoms with van der Waals surface area (Å²) in [5.41, 5.74) is 2.26. The van der Waals surface area contributed by atoms with Gasteiger partial charge in [-0.3, -0.25) is 0 Å². The number of aromatic nitrogens is 2. The first kappa shape index (κ1) is 11.3. The molecule has 18 heavy (non-hydrogen) atoms.